The minimum atomic E-state index is -0.322. The lowest BCUT2D eigenvalue weighted by Crippen LogP contribution is -2.24. The molecule has 1 amide bonds. The van der Waals surface area contributed by atoms with Crippen LogP contribution >= 0.6 is 31.9 Å². The number of aryl methyl sites for hydroxylation is 1. The fourth-order valence-corrected chi connectivity index (χ4v) is 3.42. The lowest BCUT2D eigenvalue weighted by Gasteiger charge is -2.10. The van der Waals surface area contributed by atoms with Crippen molar-refractivity contribution in [3.05, 3.63) is 74.7 Å². The number of carbonyl (C=O) groups is 1. The van der Waals surface area contributed by atoms with Crippen LogP contribution in [0.25, 0.3) is 10.8 Å². The van der Waals surface area contributed by atoms with Crippen LogP contribution in [0, 0.1) is 6.92 Å². The molecule has 0 aromatic heterocycles. The Hall–Kier alpha value is -2.18. The number of amides is 1. The van der Waals surface area contributed by atoms with E-state index in [1.807, 2.05) is 61.5 Å². The largest absolute Gasteiger partial charge is 0.483 e. The number of halogens is 2. The standard InChI is InChI=1S/C20H16Br2N2O2/c1-13-4-2-3-5-15(13)11-23-24-19(25)12-26-18-9-6-14-10-16(21)7-8-17(14)20(18)22/h2-11H,12H2,1H3,(H,24,25). The van der Waals surface area contributed by atoms with E-state index < -0.39 is 0 Å². The van der Waals surface area contributed by atoms with Gasteiger partial charge in [0.25, 0.3) is 5.91 Å². The van der Waals surface area contributed by atoms with Gasteiger partial charge in [-0.1, -0.05) is 52.3 Å². The van der Waals surface area contributed by atoms with Gasteiger partial charge in [0.1, 0.15) is 5.75 Å². The highest BCUT2D eigenvalue weighted by Gasteiger charge is 2.09. The van der Waals surface area contributed by atoms with Crippen molar-refractivity contribution in [2.45, 2.75) is 6.92 Å². The van der Waals surface area contributed by atoms with Crippen LogP contribution in [0.2, 0.25) is 0 Å². The minimum Gasteiger partial charge on any atom is -0.483 e. The van der Waals surface area contributed by atoms with Gasteiger partial charge in [-0.15, -0.1) is 0 Å². The number of hydrazone groups is 1. The van der Waals surface area contributed by atoms with E-state index in [-0.39, 0.29) is 12.5 Å². The van der Waals surface area contributed by atoms with Gasteiger partial charge < -0.3 is 4.74 Å². The first-order valence-electron chi connectivity index (χ1n) is 7.92. The number of hydrogen-bond donors (Lipinski definition) is 1. The van der Waals surface area contributed by atoms with E-state index in [1.165, 1.54) is 0 Å². The van der Waals surface area contributed by atoms with E-state index >= 15 is 0 Å². The number of benzene rings is 3. The summed E-state index contributed by atoms with van der Waals surface area (Å²) in [5.41, 5.74) is 4.52. The summed E-state index contributed by atoms with van der Waals surface area (Å²) in [6, 6.07) is 17.6. The van der Waals surface area contributed by atoms with Crippen LogP contribution < -0.4 is 10.2 Å². The van der Waals surface area contributed by atoms with Gasteiger partial charge in [-0.05, 0) is 63.0 Å². The molecule has 0 radical (unpaired) electrons. The Bertz CT molecular complexity index is 987. The van der Waals surface area contributed by atoms with E-state index in [0.717, 1.165) is 30.8 Å². The molecule has 0 atom stereocenters. The fourth-order valence-electron chi connectivity index (χ4n) is 2.44. The molecule has 3 aromatic carbocycles. The first-order valence-corrected chi connectivity index (χ1v) is 9.51. The molecule has 26 heavy (non-hydrogen) atoms. The Kier molecular flexibility index (Phi) is 6.06. The molecule has 0 aliphatic heterocycles. The zero-order valence-electron chi connectivity index (χ0n) is 14.0. The molecule has 0 saturated carbocycles. The smallest absolute Gasteiger partial charge is 0.277 e. The average molecular weight is 476 g/mol. The van der Waals surface area contributed by atoms with Crippen molar-refractivity contribution in [2.24, 2.45) is 5.10 Å². The molecular weight excluding hydrogens is 460 g/mol. The molecule has 0 unspecified atom stereocenters. The molecule has 3 rings (SSSR count). The Labute approximate surface area is 168 Å². The number of ether oxygens (including phenoxy) is 1. The Morgan fingerprint density at radius 2 is 1.96 bits per heavy atom. The van der Waals surface area contributed by atoms with Gasteiger partial charge in [-0.3, -0.25) is 4.79 Å². The predicted molar refractivity (Wildman–Crippen MR) is 112 cm³/mol. The molecule has 0 heterocycles. The topological polar surface area (TPSA) is 50.7 Å². The molecule has 1 N–H and O–H groups in total. The highest BCUT2D eigenvalue weighted by atomic mass is 79.9. The third-order valence-electron chi connectivity index (χ3n) is 3.82. The summed E-state index contributed by atoms with van der Waals surface area (Å²) in [6.07, 6.45) is 1.62. The second-order valence-corrected chi connectivity index (χ2v) is 7.39. The first-order chi connectivity index (χ1) is 12.5. The summed E-state index contributed by atoms with van der Waals surface area (Å²) in [4.78, 5) is 11.9. The summed E-state index contributed by atoms with van der Waals surface area (Å²) in [5.74, 6) is 0.287. The molecule has 0 fully saturated rings. The van der Waals surface area contributed by atoms with Crippen molar-refractivity contribution in [2.75, 3.05) is 6.61 Å². The zero-order chi connectivity index (χ0) is 18.5. The maximum Gasteiger partial charge on any atom is 0.277 e. The first kappa shape index (κ1) is 18.6. The van der Waals surface area contributed by atoms with Crippen molar-refractivity contribution in [1.82, 2.24) is 5.43 Å². The van der Waals surface area contributed by atoms with Gasteiger partial charge in [-0.2, -0.15) is 5.10 Å². The lowest BCUT2D eigenvalue weighted by molar-refractivity contribution is -0.123. The lowest BCUT2D eigenvalue weighted by atomic mass is 10.1. The summed E-state index contributed by atoms with van der Waals surface area (Å²) >= 11 is 7.00. The average Bonchev–Trinajstić information content (AvgIpc) is 2.62. The van der Waals surface area contributed by atoms with Crippen LogP contribution in [-0.4, -0.2) is 18.7 Å². The highest BCUT2D eigenvalue weighted by molar-refractivity contribution is 9.11. The van der Waals surface area contributed by atoms with Crippen LogP contribution in [0.5, 0.6) is 5.75 Å². The quantitative estimate of drug-likeness (QED) is 0.407. The van der Waals surface area contributed by atoms with Gasteiger partial charge in [0, 0.05) is 4.47 Å². The highest BCUT2D eigenvalue weighted by Crippen LogP contribution is 2.34. The zero-order valence-corrected chi connectivity index (χ0v) is 17.2. The van der Waals surface area contributed by atoms with Crippen LogP contribution in [0.1, 0.15) is 11.1 Å². The summed E-state index contributed by atoms with van der Waals surface area (Å²) in [5, 5.41) is 6.07. The van der Waals surface area contributed by atoms with Crippen molar-refractivity contribution in [1.29, 1.82) is 0 Å². The molecule has 0 bridgehead atoms. The molecule has 0 saturated heterocycles. The van der Waals surface area contributed by atoms with Gasteiger partial charge in [0.05, 0.1) is 10.7 Å². The molecular formula is C20H16Br2N2O2. The number of fused-ring (bicyclic) bond motifs is 1. The minimum absolute atomic E-state index is 0.119. The van der Waals surface area contributed by atoms with Crippen LogP contribution in [0.4, 0.5) is 0 Å². The Balaban J connectivity index is 1.61. The maximum absolute atomic E-state index is 11.9. The number of rotatable bonds is 5. The van der Waals surface area contributed by atoms with Crippen LogP contribution in [0.15, 0.2) is 68.6 Å². The molecule has 0 spiro atoms. The molecule has 3 aromatic rings. The van der Waals surface area contributed by atoms with Gasteiger partial charge >= 0.3 is 0 Å². The van der Waals surface area contributed by atoms with Crippen molar-refractivity contribution in [3.8, 4) is 5.75 Å². The van der Waals surface area contributed by atoms with Crippen LogP contribution in [0.3, 0.4) is 0 Å². The number of hydrogen-bond acceptors (Lipinski definition) is 3. The molecule has 6 heteroatoms. The second kappa shape index (κ2) is 8.47. The Morgan fingerprint density at radius 3 is 2.77 bits per heavy atom. The van der Waals surface area contributed by atoms with Gasteiger partial charge in [0.15, 0.2) is 6.61 Å². The normalized spacial score (nSPS) is 11.0. The predicted octanol–water partition coefficient (Wildman–Crippen LogP) is 5.20. The summed E-state index contributed by atoms with van der Waals surface area (Å²) in [7, 11) is 0. The van der Waals surface area contributed by atoms with E-state index in [2.05, 4.69) is 42.4 Å². The molecule has 132 valence electrons. The molecule has 0 aliphatic carbocycles. The Morgan fingerprint density at radius 1 is 1.15 bits per heavy atom. The third-order valence-corrected chi connectivity index (χ3v) is 5.13. The van der Waals surface area contributed by atoms with Crippen LogP contribution in [-0.2, 0) is 4.79 Å². The number of nitrogens with one attached hydrogen (secondary N) is 1. The molecule has 0 aliphatic rings. The number of carbonyl (C=O) groups excluding carboxylic acids is 1. The van der Waals surface area contributed by atoms with E-state index in [1.54, 1.807) is 6.21 Å². The second-order valence-electron chi connectivity index (χ2n) is 5.68. The summed E-state index contributed by atoms with van der Waals surface area (Å²) < 4.78 is 7.45. The fraction of sp³-hybridized carbons (Fsp3) is 0.100. The number of nitrogens with zero attached hydrogens (tertiary/aromatic N) is 1. The monoisotopic (exact) mass is 474 g/mol. The summed E-state index contributed by atoms with van der Waals surface area (Å²) in [6.45, 7) is 1.87. The maximum atomic E-state index is 11.9. The SMILES string of the molecule is Cc1ccccc1C=NNC(=O)COc1ccc2cc(Br)ccc2c1Br. The van der Waals surface area contributed by atoms with Gasteiger partial charge in [-0.25, -0.2) is 5.43 Å². The van der Waals surface area contributed by atoms with Crippen molar-refractivity contribution < 1.29 is 9.53 Å². The van der Waals surface area contributed by atoms with E-state index in [9.17, 15) is 4.79 Å². The molecule has 4 nitrogen and oxygen atoms in total. The van der Waals surface area contributed by atoms with Crippen molar-refractivity contribution >= 4 is 54.8 Å². The van der Waals surface area contributed by atoms with E-state index in [4.69, 9.17) is 4.74 Å². The van der Waals surface area contributed by atoms with Crippen molar-refractivity contribution in [3.63, 3.8) is 0 Å². The third kappa shape index (κ3) is 4.51. The van der Waals surface area contributed by atoms with E-state index in [0.29, 0.717) is 5.75 Å². The van der Waals surface area contributed by atoms with Gasteiger partial charge in [0.2, 0.25) is 0 Å².